The van der Waals surface area contributed by atoms with Gasteiger partial charge in [0.1, 0.15) is 12.9 Å². The first kappa shape index (κ1) is 17.4. The van der Waals surface area contributed by atoms with Gasteiger partial charge in [0.2, 0.25) is 0 Å². The van der Waals surface area contributed by atoms with Crippen molar-refractivity contribution in [2.75, 3.05) is 27.9 Å². The average molecular weight is 328 g/mol. The van der Waals surface area contributed by atoms with Crippen molar-refractivity contribution in [2.24, 2.45) is 0 Å². The molecule has 2 rings (SSSR count). The summed E-state index contributed by atoms with van der Waals surface area (Å²) in [6, 6.07) is 10.7. The van der Waals surface area contributed by atoms with Crippen LogP contribution in [0.1, 0.15) is 15.9 Å². The van der Waals surface area contributed by atoms with Crippen LogP contribution in [0.5, 0.6) is 23.0 Å². The average Bonchev–Trinajstić information content (AvgIpc) is 2.64. The Morgan fingerprint density at radius 1 is 0.792 bits per heavy atom. The topological polar surface area (TPSA) is 54.0 Å². The molecule has 0 N–H and O–H groups in total. The van der Waals surface area contributed by atoms with Gasteiger partial charge >= 0.3 is 0 Å². The van der Waals surface area contributed by atoms with Crippen molar-refractivity contribution in [2.45, 2.75) is 0 Å². The van der Waals surface area contributed by atoms with Gasteiger partial charge in [0.15, 0.2) is 23.0 Å². The van der Waals surface area contributed by atoms with Crippen molar-refractivity contribution in [3.05, 3.63) is 53.6 Å². The first-order valence-corrected chi connectivity index (χ1v) is 7.36. The zero-order valence-corrected chi connectivity index (χ0v) is 13.9. The fraction of sp³-hybridized carbons (Fsp3) is 0.211. The Bertz CT molecular complexity index is 722. The molecule has 0 spiro atoms. The molecular weight excluding hydrogens is 308 g/mol. The molecule has 0 saturated heterocycles. The van der Waals surface area contributed by atoms with Crippen LogP contribution in [0.15, 0.2) is 42.5 Å². The Kier molecular flexibility index (Phi) is 6.25. The van der Waals surface area contributed by atoms with Crippen LogP contribution in [0.3, 0.4) is 0 Å². The third kappa shape index (κ3) is 4.29. The fourth-order valence-corrected chi connectivity index (χ4v) is 2.16. The zero-order valence-electron chi connectivity index (χ0n) is 13.9. The van der Waals surface area contributed by atoms with Gasteiger partial charge in [-0.25, -0.2) is 0 Å². The third-order valence-electron chi connectivity index (χ3n) is 3.38. The molecule has 5 heteroatoms. The highest BCUT2D eigenvalue weighted by atomic mass is 16.5. The Morgan fingerprint density at radius 3 is 2.04 bits per heavy atom. The van der Waals surface area contributed by atoms with Crippen LogP contribution < -0.4 is 18.9 Å². The van der Waals surface area contributed by atoms with Gasteiger partial charge in [0.05, 0.1) is 21.3 Å². The lowest BCUT2D eigenvalue weighted by Crippen LogP contribution is -1.97. The van der Waals surface area contributed by atoms with Gasteiger partial charge in [-0.3, -0.25) is 4.79 Å². The normalized spacial score (nSPS) is 10.5. The lowest BCUT2D eigenvalue weighted by atomic mass is 10.2. The minimum Gasteiger partial charge on any atom is -0.493 e. The Hall–Kier alpha value is -2.95. The first-order valence-electron chi connectivity index (χ1n) is 7.36. The molecule has 0 heterocycles. The second-order valence-corrected chi connectivity index (χ2v) is 4.86. The quantitative estimate of drug-likeness (QED) is 0.693. The van der Waals surface area contributed by atoms with Crippen LogP contribution in [-0.4, -0.2) is 34.2 Å². The summed E-state index contributed by atoms with van der Waals surface area (Å²) in [7, 11) is 4.74. The van der Waals surface area contributed by atoms with E-state index in [1.807, 2.05) is 30.4 Å². The van der Waals surface area contributed by atoms with E-state index in [-0.39, 0.29) is 0 Å². The van der Waals surface area contributed by atoms with Crippen LogP contribution in [-0.2, 0) is 0 Å². The summed E-state index contributed by atoms with van der Waals surface area (Å²) in [5, 5.41) is 0. The molecule has 0 aliphatic heterocycles. The van der Waals surface area contributed by atoms with E-state index in [0.717, 1.165) is 11.8 Å². The predicted molar refractivity (Wildman–Crippen MR) is 92.5 cm³/mol. The van der Waals surface area contributed by atoms with Crippen LogP contribution >= 0.6 is 0 Å². The maximum absolute atomic E-state index is 10.8. The number of ether oxygens (including phenoxy) is 4. The van der Waals surface area contributed by atoms with Crippen molar-refractivity contribution >= 4 is 12.4 Å². The Balaban J connectivity index is 2.01. The molecule has 0 fully saturated rings. The summed E-state index contributed by atoms with van der Waals surface area (Å²) in [5.74, 6) is 2.47. The summed E-state index contributed by atoms with van der Waals surface area (Å²) in [6.45, 7) is 0.366. The second-order valence-electron chi connectivity index (χ2n) is 4.86. The minimum absolute atomic E-state index is 0.366. The number of carbonyl (C=O) groups excluding carboxylic acids is 1. The summed E-state index contributed by atoms with van der Waals surface area (Å²) in [5.41, 5.74) is 1.51. The van der Waals surface area contributed by atoms with Crippen LogP contribution in [0.2, 0.25) is 0 Å². The molecule has 0 amide bonds. The number of hydrogen-bond donors (Lipinski definition) is 0. The fourth-order valence-electron chi connectivity index (χ4n) is 2.16. The molecule has 2 aromatic rings. The first-order chi connectivity index (χ1) is 11.7. The van der Waals surface area contributed by atoms with Gasteiger partial charge < -0.3 is 18.9 Å². The molecule has 0 aliphatic carbocycles. The summed E-state index contributed by atoms with van der Waals surface area (Å²) < 4.78 is 21.4. The molecule has 0 aliphatic rings. The monoisotopic (exact) mass is 328 g/mol. The van der Waals surface area contributed by atoms with E-state index in [2.05, 4.69) is 0 Å². The maximum Gasteiger partial charge on any atom is 0.161 e. The summed E-state index contributed by atoms with van der Waals surface area (Å²) >= 11 is 0. The van der Waals surface area contributed by atoms with E-state index in [0.29, 0.717) is 35.2 Å². The van der Waals surface area contributed by atoms with Gasteiger partial charge in [0.25, 0.3) is 0 Å². The van der Waals surface area contributed by atoms with Crippen molar-refractivity contribution in [1.82, 2.24) is 0 Å². The predicted octanol–water partition coefficient (Wildman–Crippen LogP) is 3.62. The van der Waals surface area contributed by atoms with E-state index in [9.17, 15) is 4.79 Å². The highest BCUT2D eigenvalue weighted by Gasteiger charge is 2.05. The minimum atomic E-state index is 0.366. The van der Waals surface area contributed by atoms with Crippen molar-refractivity contribution < 1.29 is 23.7 Å². The molecule has 0 bridgehead atoms. The van der Waals surface area contributed by atoms with Crippen molar-refractivity contribution in [3.8, 4) is 23.0 Å². The maximum atomic E-state index is 10.8. The van der Waals surface area contributed by atoms with Crippen LogP contribution in [0.4, 0.5) is 0 Å². The molecule has 0 radical (unpaired) electrons. The van der Waals surface area contributed by atoms with E-state index in [1.165, 1.54) is 7.11 Å². The molecule has 0 atom stereocenters. The van der Waals surface area contributed by atoms with Crippen LogP contribution in [0, 0.1) is 0 Å². The van der Waals surface area contributed by atoms with Crippen molar-refractivity contribution in [3.63, 3.8) is 0 Å². The second kappa shape index (κ2) is 8.62. The van der Waals surface area contributed by atoms with E-state index < -0.39 is 0 Å². The van der Waals surface area contributed by atoms with Crippen molar-refractivity contribution in [1.29, 1.82) is 0 Å². The number of aldehydes is 1. The van der Waals surface area contributed by atoms with Gasteiger partial charge in [-0.1, -0.05) is 12.1 Å². The molecular formula is C19H20O5. The SMILES string of the molecule is COc1ccc(/C=C/COc2ccc(C=O)cc2OC)cc1OC. The molecule has 24 heavy (non-hydrogen) atoms. The van der Waals surface area contributed by atoms with E-state index >= 15 is 0 Å². The molecule has 0 aromatic heterocycles. The number of rotatable bonds is 8. The molecule has 5 nitrogen and oxygen atoms in total. The number of methoxy groups -OCH3 is 3. The van der Waals surface area contributed by atoms with E-state index in [4.69, 9.17) is 18.9 Å². The molecule has 0 saturated carbocycles. The largest absolute Gasteiger partial charge is 0.493 e. The Morgan fingerprint density at radius 2 is 1.38 bits per heavy atom. The molecule has 126 valence electrons. The highest BCUT2D eigenvalue weighted by molar-refractivity contribution is 5.76. The van der Waals surface area contributed by atoms with E-state index in [1.54, 1.807) is 32.4 Å². The third-order valence-corrected chi connectivity index (χ3v) is 3.38. The lowest BCUT2D eigenvalue weighted by Gasteiger charge is -2.09. The summed E-state index contributed by atoms with van der Waals surface area (Å²) in [4.78, 5) is 10.8. The zero-order chi connectivity index (χ0) is 17.4. The number of hydrogen-bond acceptors (Lipinski definition) is 5. The van der Waals surface area contributed by atoms with Gasteiger partial charge in [-0.15, -0.1) is 0 Å². The van der Waals surface area contributed by atoms with Gasteiger partial charge in [-0.05, 0) is 42.0 Å². The lowest BCUT2D eigenvalue weighted by molar-refractivity contribution is 0.112. The molecule has 2 aromatic carbocycles. The number of carbonyl (C=O) groups is 1. The standard InChI is InChI=1S/C19H20O5/c1-21-16-8-6-14(11-18(16)22-2)5-4-10-24-17-9-7-15(13-20)12-19(17)23-3/h4-9,11-13H,10H2,1-3H3/b5-4+. The number of benzene rings is 2. The Labute approximate surface area is 141 Å². The van der Waals surface area contributed by atoms with Crippen LogP contribution in [0.25, 0.3) is 6.08 Å². The summed E-state index contributed by atoms with van der Waals surface area (Å²) in [6.07, 6.45) is 4.58. The van der Waals surface area contributed by atoms with Gasteiger partial charge in [0, 0.05) is 5.56 Å². The van der Waals surface area contributed by atoms with Gasteiger partial charge in [-0.2, -0.15) is 0 Å². The smallest absolute Gasteiger partial charge is 0.161 e. The molecule has 0 unspecified atom stereocenters. The highest BCUT2D eigenvalue weighted by Crippen LogP contribution is 2.29.